The lowest BCUT2D eigenvalue weighted by Crippen LogP contribution is -2.03. The van der Waals surface area contributed by atoms with Crippen LogP contribution in [0.3, 0.4) is 0 Å². The Kier molecular flexibility index (Phi) is 4.08. The van der Waals surface area contributed by atoms with Gasteiger partial charge in [0.2, 0.25) is 0 Å². The molecule has 0 spiro atoms. The fourth-order valence-electron chi connectivity index (χ4n) is 2.29. The van der Waals surface area contributed by atoms with E-state index in [0.29, 0.717) is 11.6 Å². The molecular formula is C16H13BrClN3. The minimum absolute atomic E-state index is 0.603. The molecular weight excluding hydrogens is 350 g/mol. The molecule has 0 fully saturated rings. The van der Waals surface area contributed by atoms with Crippen molar-refractivity contribution in [1.82, 2.24) is 9.97 Å². The van der Waals surface area contributed by atoms with Crippen LogP contribution in [0.5, 0.6) is 0 Å². The second-order valence-electron chi connectivity index (χ2n) is 4.76. The van der Waals surface area contributed by atoms with Gasteiger partial charge in [-0.05, 0) is 58.7 Å². The Hall–Kier alpha value is -1.65. The smallest absolute Gasteiger partial charge is 0.106 e. The predicted octanol–water partition coefficient (Wildman–Crippen LogP) is 4.97. The molecule has 2 aromatic heterocycles. The highest BCUT2D eigenvalue weighted by Gasteiger charge is 2.09. The number of hydrogen-bond acceptors (Lipinski definition) is 3. The summed E-state index contributed by atoms with van der Waals surface area (Å²) in [6.45, 7) is 2.62. The van der Waals surface area contributed by atoms with E-state index >= 15 is 0 Å². The molecule has 0 aliphatic heterocycles. The summed E-state index contributed by atoms with van der Waals surface area (Å²) in [7, 11) is 0. The summed E-state index contributed by atoms with van der Waals surface area (Å²) >= 11 is 9.76. The van der Waals surface area contributed by atoms with Gasteiger partial charge in [-0.1, -0.05) is 17.7 Å². The third kappa shape index (κ3) is 3.01. The van der Waals surface area contributed by atoms with Crippen molar-refractivity contribution in [3.8, 4) is 0 Å². The van der Waals surface area contributed by atoms with E-state index in [4.69, 9.17) is 11.6 Å². The molecule has 0 saturated heterocycles. The lowest BCUT2D eigenvalue weighted by molar-refractivity contribution is 1.03. The van der Waals surface area contributed by atoms with Gasteiger partial charge in [-0.2, -0.15) is 0 Å². The van der Waals surface area contributed by atoms with Gasteiger partial charge in [0.25, 0.3) is 0 Å². The molecule has 5 heteroatoms. The number of fused-ring (bicyclic) bond motifs is 1. The van der Waals surface area contributed by atoms with Crippen LogP contribution >= 0.6 is 27.5 Å². The third-order valence-electron chi connectivity index (χ3n) is 3.25. The van der Waals surface area contributed by atoms with E-state index in [-0.39, 0.29) is 0 Å². The number of aromatic nitrogens is 2. The molecule has 0 aliphatic carbocycles. The van der Waals surface area contributed by atoms with E-state index in [1.165, 1.54) is 0 Å². The fourth-order valence-corrected chi connectivity index (χ4v) is 3.00. The van der Waals surface area contributed by atoms with Crippen LogP contribution in [0.4, 0.5) is 5.69 Å². The molecule has 0 aliphatic rings. The van der Waals surface area contributed by atoms with Crippen LogP contribution in [0.1, 0.15) is 11.3 Å². The second-order valence-corrected chi connectivity index (χ2v) is 5.97. The minimum Gasteiger partial charge on any atom is -0.378 e. The number of hydrogen-bond donors (Lipinski definition) is 1. The Morgan fingerprint density at radius 1 is 1.24 bits per heavy atom. The largest absolute Gasteiger partial charge is 0.378 e. The second kappa shape index (κ2) is 6.00. The summed E-state index contributed by atoms with van der Waals surface area (Å²) in [5.74, 6) is 0. The van der Waals surface area contributed by atoms with Crippen molar-refractivity contribution in [2.75, 3.05) is 5.32 Å². The average molecular weight is 363 g/mol. The fraction of sp³-hybridized carbons (Fsp3) is 0.125. The summed E-state index contributed by atoms with van der Waals surface area (Å²) in [6.07, 6.45) is 1.79. The Labute approximate surface area is 136 Å². The number of nitrogens with one attached hydrogen (secondary N) is 1. The summed E-state index contributed by atoms with van der Waals surface area (Å²) in [6, 6.07) is 11.7. The van der Waals surface area contributed by atoms with Gasteiger partial charge >= 0.3 is 0 Å². The first kappa shape index (κ1) is 14.3. The van der Waals surface area contributed by atoms with Crippen LogP contribution in [-0.4, -0.2) is 9.97 Å². The highest BCUT2D eigenvalue weighted by Crippen LogP contribution is 2.32. The van der Waals surface area contributed by atoms with Crippen molar-refractivity contribution in [3.63, 3.8) is 0 Å². The highest BCUT2D eigenvalue weighted by molar-refractivity contribution is 9.10. The van der Waals surface area contributed by atoms with E-state index in [1.807, 2.05) is 43.3 Å². The van der Waals surface area contributed by atoms with E-state index in [9.17, 15) is 0 Å². The molecule has 0 bridgehead atoms. The van der Waals surface area contributed by atoms with Gasteiger partial charge in [0, 0.05) is 11.6 Å². The molecule has 21 heavy (non-hydrogen) atoms. The normalized spacial score (nSPS) is 10.8. The highest BCUT2D eigenvalue weighted by atomic mass is 79.9. The maximum absolute atomic E-state index is 6.39. The number of rotatable bonds is 3. The number of nitrogens with zero attached hydrogens (tertiary/aromatic N) is 2. The quantitative estimate of drug-likeness (QED) is 0.669. The van der Waals surface area contributed by atoms with Crippen molar-refractivity contribution in [1.29, 1.82) is 0 Å². The number of aryl methyl sites for hydroxylation is 1. The van der Waals surface area contributed by atoms with E-state index in [1.54, 1.807) is 6.20 Å². The van der Waals surface area contributed by atoms with Crippen LogP contribution < -0.4 is 5.32 Å². The van der Waals surface area contributed by atoms with Crippen LogP contribution in [0.2, 0.25) is 5.02 Å². The molecule has 0 unspecified atom stereocenters. The molecule has 0 saturated carbocycles. The maximum Gasteiger partial charge on any atom is 0.106 e. The van der Waals surface area contributed by atoms with Gasteiger partial charge in [0.15, 0.2) is 0 Å². The van der Waals surface area contributed by atoms with Crippen molar-refractivity contribution >= 4 is 44.1 Å². The molecule has 1 aromatic carbocycles. The number of pyridine rings is 2. The Bertz CT molecular complexity index is 805. The molecule has 106 valence electrons. The zero-order valence-electron chi connectivity index (χ0n) is 11.4. The molecule has 1 N–H and O–H groups in total. The Morgan fingerprint density at radius 2 is 2.10 bits per heavy atom. The average Bonchev–Trinajstić information content (AvgIpc) is 2.47. The number of benzene rings is 1. The third-order valence-corrected chi connectivity index (χ3v) is 3.99. The standard InChI is InChI=1S/C16H13BrClN3/c1-10-8-13(18)16(12-5-3-7-19-15(10)12)20-9-11-4-2-6-14(17)21-11/h2-8,20H,9H2,1H3. The maximum atomic E-state index is 6.39. The zero-order valence-corrected chi connectivity index (χ0v) is 13.7. The lowest BCUT2D eigenvalue weighted by atomic mass is 10.1. The summed E-state index contributed by atoms with van der Waals surface area (Å²) in [5.41, 5.74) is 3.87. The molecule has 3 aromatic rings. The Morgan fingerprint density at radius 3 is 2.90 bits per heavy atom. The minimum atomic E-state index is 0.603. The first-order chi connectivity index (χ1) is 10.1. The number of anilines is 1. The SMILES string of the molecule is Cc1cc(Cl)c(NCc2cccc(Br)n2)c2cccnc12. The van der Waals surface area contributed by atoms with E-state index in [0.717, 1.165) is 32.5 Å². The molecule has 3 rings (SSSR count). The monoisotopic (exact) mass is 361 g/mol. The molecule has 0 radical (unpaired) electrons. The van der Waals surface area contributed by atoms with Crippen LogP contribution in [-0.2, 0) is 6.54 Å². The first-order valence-corrected chi connectivity index (χ1v) is 7.71. The van der Waals surface area contributed by atoms with Gasteiger partial charge in [-0.25, -0.2) is 4.98 Å². The van der Waals surface area contributed by atoms with Crippen LogP contribution in [0.25, 0.3) is 10.9 Å². The molecule has 3 nitrogen and oxygen atoms in total. The lowest BCUT2D eigenvalue weighted by Gasteiger charge is -2.13. The van der Waals surface area contributed by atoms with Crippen molar-refractivity contribution in [2.24, 2.45) is 0 Å². The van der Waals surface area contributed by atoms with E-state index in [2.05, 4.69) is 31.2 Å². The molecule has 0 atom stereocenters. The summed E-state index contributed by atoms with van der Waals surface area (Å²) in [5, 5.41) is 5.09. The predicted molar refractivity (Wildman–Crippen MR) is 90.8 cm³/mol. The first-order valence-electron chi connectivity index (χ1n) is 6.54. The van der Waals surface area contributed by atoms with Crippen molar-refractivity contribution < 1.29 is 0 Å². The summed E-state index contributed by atoms with van der Waals surface area (Å²) < 4.78 is 0.823. The molecule has 0 amide bonds. The zero-order chi connectivity index (χ0) is 14.8. The van der Waals surface area contributed by atoms with Gasteiger partial charge in [-0.15, -0.1) is 0 Å². The van der Waals surface area contributed by atoms with Crippen molar-refractivity contribution in [2.45, 2.75) is 13.5 Å². The van der Waals surface area contributed by atoms with Gasteiger partial charge < -0.3 is 5.32 Å². The Balaban J connectivity index is 1.97. The van der Waals surface area contributed by atoms with Crippen LogP contribution in [0.15, 0.2) is 47.2 Å². The number of halogens is 2. The molecule has 2 heterocycles. The summed E-state index contributed by atoms with van der Waals surface area (Å²) in [4.78, 5) is 8.84. The van der Waals surface area contributed by atoms with Gasteiger partial charge in [0.1, 0.15) is 4.60 Å². The van der Waals surface area contributed by atoms with Gasteiger partial charge in [-0.3, -0.25) is 4.98 Å². The topological polar surface area (TPSA) is 37.8 Å². The van der Waals surface area contributed by atoms with E-state index < -0.39 is 0 Å². The van der Waals surface area contributed by atoms with Gasteiger partial charge in [0.05, 0.1) is 28.5 Å². The van der Waals surface area contributed by atoms with Crippen LogP contribution in [0, 0.1) is 6.92 Å². The van der Waals surface area contributed by atoms with Crippen molar-refractivity contribution in [3.05, 3.63) is 63.5 Å².